The van der Waals surface area contributed by atoms with Gasteiger partial charge >= 0.3 is 35.8 Å². The van der Waals surface area contributed by atoms with Crippen LogP contribution in [0.25, 0.3) is 0 Å². The van der Waals surface area contributed by atoms with Crippen LogP contribution in [-0.4, -0.2) is 118 Å². The molecule has 0 saturated heterocycles. The van der Waals surface area contributed by atoms with Gasteiger partial charge in [-0.15, -0.1) is 0 Å². The molecule has 55 heavy (non-hydrogen) atoms. The van der Waals surface area contributed by atoms with Gasteiger partial charge in [-0.3, -0.25) is 14.9 Å². The van der Waals surface area contributed by atoms with E-state index in [-0.39, 0.29) is 48.3 Å². The average Bonchev–Trinajstić information content (AvgIpc) is 3.13. The second-order valence-electron chi connectivity index (χ2n) is 11.0. The number of hydrogen-bond acceptors (Lipinski definition) is 16. The Kier molecular flexibility index (Phi) is 29.7. The first-order valence-electron chi connectivity index (χ1n) is 17.6. The van der Waals surface area contributed by atoms with Crippen LogP contribution in [0.3, 0.4) is 0 Å². The number of nitrogens with one attached hydrogen (secondary N) is 1. The molecule has 0 aliphatic heterocycles. The highest BCUT2D eigenvalue weighted by atomic mass is 16.7. The van der Waals surface area contributed by atoms with Crippen LogP contribution in [0.4, 0.5) is 0 Å². The van der Waals surface area contributed by atoms with E-state index in [4.69, 9.17) is 55.3 Å². The third-order valence-corrected chi connectivity index (χ3v) is 6.29. The van der Waals surface area contributed by atoms with Gasteiger partial charge in [0.2, 0.25) is 0 Å². The largest absolute Gasteiger partial charge is 0.481 e. The van der Waals surface area contributed by atoms with E-state index in [0.29, 0.717) is 26.3 Å². The number of unbranched alkanes of at least 4 members (excludes halogenated alkanes) is 2. The number of carbonyl (C=O) groups excluding carboxylic acids is 4. The first-order valence-corrected chi connectivity index (χ1v) is 17.6. The lowest BCUT2D eigenvalue weighted by Gasteiger charge is -2.18. The zero-order valence-corrected chi connectivity index (χ0v) is 31.7. The maximum atomic E-state index is 11.9. The number of aliphatic carboxylic acids is 2. The highest BCUT2D eigenvalue weighted by Crippen LogP contribution is 2.13. The molecule has 18 nitrogen and oxygen atoms in total. The smallest absolute Gasteiger partial charge is 0.339 e. The van der Waals surface area contributed by atoms with Crippen molar-refractivity contribution in [2.45, 2.75) is 84.8 Å². The Bertz CT molecular complexity index is 1340. The molecule has 0 radical (unpaired) electrons. The minimum absolute atomic E-state index is 0.239. The van der Waals surface area contributed by atoms with Crippen molar-refractivity contribution in [1.29, 1.82) is 0 Å². The number of carboxylic acids is 2. The standard InChI is InChI=1S/C16H22O4.C12H14O4.C5H14N2O4.C4H6O4/c1-3-5-11-19-15(17)13-9-7-8-10-14(13)16(18)20-12-6-4-2;1-3-15-11(13)9-7-5-6-8-10(9)12(14)16-4-2;6-1-2-7-4(8)3-5(9,10)11;5-3(6)1-2-4(7)8/h7-10H,3-6,11-12H2,1-2H3;5-8H,3-4H2,1-2H3;4,7-11H,1-3,6H2;1-2H2,(H,5,6)(H,7,8). The molecule has 2 aromatic rings. The Morgan fingerprint density at radius 3 is 1.22 bits per heavy atom. The van der Waals surface area contributed by atoms with Gasteiger partial charge in [0.1, 0.15) is 6.23 Å². The number of carboxylic acid groups (broad SMARTS) is 2. The molecule has 0 saturated carbocycles. The Morgan fingerprint density at radius 2 is 0.964 bits per heavy atom. The zero-order chi connectivity index (χ0) is 42.2. The topological polar surface area (TPSA) is 299 Å². The molecular formula is C37H56N2O16. The molecule has 0 spiro atoms. The van der Waals surface area contributed by atoms with Gasteiger partial charge in [-0.1, -0.05) is 51.0 Å². The first kappa shape index (κ1) is 52.1. The maximum absolute atomic E-state index is 11.9. The van der Waals surface area contributed by atoms with Crippen LogP contribution in [0, 0.1) is 0 Å². The minimum atomic E-state index is -2.83. The molecule has 1 unspecified atom stereocenters. The number of carbonyl (C=O) groups is 6. The van der Waals surface area contributed by atoms with E-state index in [0.717, 1.165) is 25.7 Å². The van der Waals surface area contributed by atoms with E-state index in [1.54, 1.807) is 62.4 Å². The van der Waals surface area contributed by atoms with Crippen LogP contribution in [0.2, 0.25) is 0 Å². The molecule has 0 fully saturated rings. The van der Waals surface area contributed by atoms with E-state index in [2.05, 4.69) is 5.32 Å². The molecule has 0 aromatic heterocycles. The summed E-state index contributed by atoms with van der Waals surface area (Å²) in [5, 5.41) is 52.2. The van der Waals surface area contributed by atoms with Crippen molar-refractivity contribution in [1.82, 2.24) is 5.32 Å². The summed E-state index contributed by atoms with van der Waals surface area (Å²) in [6.07, 6.45) is 1.20. The Hall–Kier alpha value is -4.98. The van der Waals surface area contributed by atoms with Gasteiger partial charge < -0.3 is 55.3 Å². The lowest BCUT2D eigenvalue weighted by atomic mass is 10.1. The molecule has 2 aromatic carbocycles. The monoisotopic (exact) mass is 784 g/mol. The summed E-state index contributed by atoms with van der Waals surface area (Å²) in [4.78, 5) is 66.3. The number of hydrogen-bond donors (Lipinski definition) is 8. The van der Waals surface area contributed by atoms with E-state index in [1.165, 1.54) is 0 Å². The number of ether oxygens (including phenoxy) is 4. The lowest BCUT2D eigenvalue weighted by molar-refractivity contribution is -0.323. The Balaban J connectivity index is 0. The number of benzene rings is 2. The van der Waals surface area contributed by atoms with E-state index >= 15 is 0 Å². The second kappa shape index (κ2) is 31.4. The van der Waals surface area contributed by atoms with Gasteiger partial charge in [-0.25, -0.2) is 19.2 Å². The van der Waals surface area contributed by atoms with Gasteiger partial charge in [0.15, 0.2) is 0 Å². The van der Waals surface area contributed by atoms with Crippen molar-refractivity contribution >= 4 is 35.8 Å². The molecule has 0 aliphatic rings. The third kappa shape index (κ3) is 27.3. The number of nitrogens with two attached hydrogens (primary N) is 1. The summed E-state index contributed by atoms with van der Waals surface area (Å²) < 4.78 is 20.0. The van der Waals surface area contributed by atoms with Crippen molar-refractivity contribution in [2.24, 2.45) is 5.73 Å². The van der Waals surface area contributed by atoms with Gasteiger partial charge in [-0.05, 0) is 51.0 Å². The normalized spacial score (nSPS) is 10.7. The minimum Gasteiger partial charge on any atom is -0.481 e. The fraction of sp³-hybridized carbons (Fsp3) is 0.514. The van der Waals surface area contributed by atoms with Crippen molar-refractivity contribution in [2.75, 3.05) is 39.5 Å². The zero-order valence-electron chi connectivity index (χ0n) is 31.7. The van der Waals surface area contributed by atoms with Crippen LogP contribution in [0.15, 0.2) is 48.5 Å². The molecule has 18 heteroatoms. The molecule has 0 heterocycles. The number of aliphatic hydroxyl groups excluding tert-OH is 1. The molecule has 0 bridgehead atoms. The van der Waals surface area contributed by atoms with E-state index < -0.39 is 54.4 Å². The molecular weight excluding hydrogens is 728 g/mol. The maximum Gasteiger partial charge on any atom is 0.339 e. The van der Waals surface area contributed by atoms with Gasteiger partial charge in [0.25, 0.3) is 5.97 Å². The number of rotatable bonds is 20. The molecule has 1 atom stereocenters. The van der Waals surface area contributed by atoms with Gasteiger partial charge in [0.05, 0.1) is 67.9 Å². The van der Waals surface area contributed by atoms with Crippen molar-refractivity contribution in [3.05, 3.63) is 70.8 Å². The van der Waals surface area contributed by atoms with Crippen molar-refractivity contribution in [3.8, 4) is 0 Å². The second-order valence-corrected chi connectivity index (χ2v) is 11.0. The van der Waals surface area contributed by atoms with Crippen LogP contribution >= 0.6 is 0 Å². The third-order valence-electron chi connectivity index (χ3n) is 6.29. The lowest BCUT2D eigenvalue weighted by Crippen LogP contribution is -2.41. The van der Waals surface area contributed by atoms with Crippen molar-refractivity contribution < 1.29 is 78.4 Å². The molecule has 310 valence electrons. The predicted molar refractivity (Wildman–Crippen MR) is 197 cm³/mol. The van der Waals surface area contributed by atoms with E-state index in [1.807, 2.05) is 13.8 Å². The highest BCUT2D eigenvalue weighted by Gasteiger charge is 2.23. The quantitative estimate of drug-likeness (QED) is 0.0414. The van der Waals surface area contributed by atoms with Gasteiger partial charge in [-0.2, -0.15) is 0 Å². The molecule has 2 rings (SSSR count). The summed E-state index contributed by atoms with van der Waals surface area (Å²) in [6.45, 7) is 9.42. The fourth-order valence-corrected chi connectivity index (χ4v) is 3.67. The molecule has 0 aliphatic carbocycles. The van der Waals surface area contributed by atoms with Gasteiger partial charge in [0, 0.05) is 13.1 Å². The number of esters is 4. The van der Waals surface area contributed by atoms with Crippen LogP contribution in [-0.2, 0) is 28.5 Å². The first-order chi connectivity index (χ1) is 26.0. The summed E-state index contributed by atoms with van der Waals surface area (Å²) in [6, 6.07) is 13.0. The summed E-state index contributed by atoms with van der Waals surface area (Å²) in [5.41, 5.74) is 6.09. The summed E-state index contributed by atoms with van der Waals surface area (Å²) in [7, 11) is 0. The predicted octanol–water partition coefficient (Wildman–Crippen LogP) is 2.45. The highest BCUT2D eigenvalue weighted by molar-refractivity contribution is 6.03. The van der Waals surface area contributed by atoms with Crippen LogP contribution in [0.5, 0.6) is 0 Å². The molecule has 0 amide bonds. The van der Waals surface area contributed by atoms with Crippen LogP contribution < -0.4 is 11.1 Å². The fourth-order valence-electron chi connectivity index (χ4n) is 3.67. The van der Waals surface area contributed by atoms with Crippen LogP contribution in [0.1, 0.15) is 114 Å². The summed E-state index contributed by atoms with van der Waals surface area (Å²) >= 11 is 0. The molecule has 9 N–H and O–H groups in total. The van der Waals surface area contributed by atoms with Crippen molar-refractivity contribution in [3.63, 3.8) is 0 Å². The Morgan fingerprint density at radius 1 is 0.636 bits per heavy atom. The average molecular weight is 785 g/mol. The summed E-state index contributed by atoms with van der Waals surface area (Å²) in [5.74, 6) is -6.94. The van der Waals surface area contributed by atoms with E-state index in [9.17, 15) is 28.8 Å². The number of aliphatic hydroxyl groups is 4. The SMILES string of the molecule is CCCCOC(=O)c1ccccc1C(=O)OCCCC.CCOC(=O)c1ccccc1C(=O)OCC.NCCNC(O)CC(O)(O)O.O=C(O)CCC(=O)O. The Labute approximate surface area is 320 Å².